The zero-order valence-corrected chi connectivity index (χ0v) is 13.0. The molecule has 108 valence electrons. The van der Waals surface area contributed by atoms with Gasteiger partial charge in [-0.1, -0.05) is 29.8 Å². The van der Waals surface area contributed by atoms with E-state index >= 15 is 0 Å². The minimum Gasteiger partial charge on any atom is -0.305 e. The molecule has 3 amide bonds. The average Bonchev–Trinajstić information content (AvgIpc) is 2.60. The summed E-state index contributed by atoms with van der Waals surface area (Å²) in [5.41, 5.74) is -0.191. The Morgan fingerprint density at radius 2 is 1.90 bits per heavy atom. The first-order valence-electron chi connectivity index (χ1n) is 6.51. The van der Waals surface area contributed by atoms with Crippen LogP contribution in [0.3, 0.4) is 0 Å². The van der Waals surface area contributed by atoms with Gasteiger partial charge in [-0.25, -0.2) is 9.18 Å². The van der Waals surface area contributed by atoms with Crippen molar-refractivity contribution in [1.82, 2.24) is 10.2 Å². The van der Waals surface area contributed by atoms with Crippen LogP contribution >= 0.6 is 15.9 Å². The second kappa shape index (κ2) is 5.52. The summed E-state index contributed by atoms with van der Waals surface area (Å²) in [6.07, 6.45) is 1.05. The normalized spacial score (nSPS) is 17.5. The Kier molecular flexibility index (Phi) is 4.13. The fourth-order valence-corrected chi connectivity index (χ4v) is 3.17. The van der Waals surface area contributed by atoms with Gasteiger partial charge in [0, 0.05) is 11.0 Å². The van der Waals surface area contributed by atoms with Crippen LogP contribution in [0.5, 0.6) is 0 Å². The quantitative estimate of drug-likeness (QED) is 0.854. The number of benzene rings is 1. The minimum absolute atomic E-state index is 0.204. The Labute approximate surface area is 125 Å². The molecule has 1 aliphatic rings. The summed E-state index contributed by atoms with van der Waals surface area (Å²) in [6, 6.07) is 4.05. The molecule has 1 N–H and O–H groups in total. The monoisotopic (exact) mass is 342 g/mol. The number of nitrogens with zero attached hydrogens (tertiary/aromatic N) is 1. The third-order valence-corrected chi connectivity index (χ3v) is 4.30. The molecule has 1 fully saturated rings. The highest BCUT2D eigenvalue weighted by atomic mass is 79.9. The number of imide groups is 1. The second-order valence-electron chi connectivity index (χ2n) is 4.86. The molecule has 1 aromatic carbocycles. The maximum absolute atomic E-state index is 13.4. The molecule has 1 saturated heterocycles. The van der Waals surface area contributed by atoms with Crippen molar-refractivity contribution in [3.8, 4) is 0 Å². The predicted molar refractivity (Wildman–Crippen MR) is 76.5 cm³/mol. The molecule has 0 aliphatic carbocycles. The summed E-state index contributed by atoms with van der Waals surface area (Å²) in [5, 5.41) is 2.35. The van der Waals surface area contributed by atoms with Crippen LogP contribution in [0, 0.1) is 5.82 Å². The lowest BCUT2D eigenvalue weighted by molar-refractivity contribution is -0.127. The molecule has 4 nitrogen and oxygen atoms in total. The molecule has 0 spiro atoms. The molecular formula is C14H16BrFN2O2. The van der Waals surface area contributed by atoms with Gasteiger partial charge in [0.25, 0.3) is 5.91 Å². The fraction of sp³-hybridized carbons (Fsp3) is 0.429. The van der Waals surface area contributed by atoms with Crippen molar-refractivity contribution in [2.75, 3.05) is 0 Å². The van der Waals surface area contributed by atoms with E-state index in [2.05, 4.69) is 21.2 Å². The van der Waals surface area contributed by atoms with E-state index in [9.17, 15) is 14.0 Å². The fourth-order valence-electron chi connectivity index (χ4n) is 2.66. The first-order chi connectivity index (χ1) is 9.42. The van der Waals surface area contributed by atoms with Crippen molar-refractivity contribution in [3.63, 3.8) is 0 Å². The van der Waals surface area contributed by atoms with Crippen molar-refractivity contribution in [2.24, 2.45) is 0 Å². The number of hydrogen-bond acceptors (Lipinski definition) is 2. The molecule has 0 radical (unpaired) electrons. The largest absolute Gasteiger partial charge is 0.325 e. The van der Waals surface area contributed by atoms with Crippen molar-refractivity contribution in [2.45, 2.75) is 38.8 Å². The van der Waals surface area contributed by atoms with Gasteiger partial charge in [0.2, 0.25) is 0 Å². The molecule has 2 rings (SSSR count). The van der Waals surface area contributed by atoms with E-state index in [-0.39, 0.29) is 18.3 Å². The van der Waals surface area contributed by atoms with Crippen LogP contribution in [0.25, 0.3) is 0 Å². The van der Waals surface area contributed by atoms with E-state index in [0.717, 1.165) is 0 Å². The number of urea groups is 1. The zero-order valence-electron chi connectivity index (χ0n) is 11.4. The van der Waals surface area contributed by atoms with E-state index < -0.39 is 11.6 Å². The van der Waals surface area contributed by atoms with Crippen LogP contribution in [0.1, 0.15) is 32.3 Å². The lowest BCUT2D eigenvalue weighted by atomic mass is 9.91. The van der Waals surface area contributed by atoms with Gasteiger partial charge in [0.05, 0.1) is 0 Å². The molecule has 0 atom stereocenters. The summed E-state index contributed by atoms with van der Waals surface area (Å²) in [7, 11) is 0. The molecule has 0 unspecified atom stereocenters. The van der Waals surface area contributed by atoms with Gasteiger partial charge in [0.1, 0.15) is 11.4 Å². The number of nitrogens with one attached hydrogen (secondary N) is 1. The molecule has 1 aromatic rings. The Balaban J connectivity index is 2.34. The highest BCUT2D eigenvalue weighted by Gasteiger charge is 2.50. The van der Waals surface area contributed by atoms with E-state index in [4.69, 9.17) is 0 Å². The summed E-state index contributed by atoms with van der Waals surface area (Å²) in [5.74, 6) is -0.651. The van der Waals surface area contributed by atoms with Crippen LogP contribution in [0.2, 0.25) is 0 Å². The number of hydrogen-bond donors (Lipinski definition) is 1. The lowest BCUT2D eigenvalue weighted by Crippen LogP contribution is -2.48. The molecule has 1 heterocycles. The van der Waals surface area contributed by atoms with E-state index in [1.54, 1.807) is 6.07 Å². The highest BCUT2D eigenvalue weighted by Crippen LogP contribution is 2.31. The van der Waals surface area contributed by atoms with Gasteiger partial charge in [-0.05, 0) is 36.6 Å². The smallest absolute Gasteiger partial charge is 0.305 e. The van der Waals surface area contributed by atoms with Crippen LogP contribution in [-0.4, -0.2) is 22.4 Å². The summed E-state index contributed by atoms with van der Waals surface area (Å²) in [6.45, 7) is 3.95. The summed E-state index contributed by atoms with van der Waals surface area (Å²) in [4.78, 5) is 25.5. The van der Waals surface area contributed by atoms with Crippen LogP contribution in [0.4, 0.5) is 9.18 Å². The standard InChI is InChI=1S/C14H16BrFN2O2/c1-3-14(4-2)12(19)17-13(20)18(14)8-9-5-10(15)7-11(16)6-9/h5-7H,3-4,8H2,1-2H3,(H,17,19,20). The Morgan fingerprint density at radius 1 is 1.25 bits per heavy atom. The zero-order chi connectivity index (χ0) is 14.9. The van der Waals surface area contributed by atoms with Crippen LogP contribution in [0.15, 0.2) is 22.7 Å². The van der Waals surface area contributed by atoms with Crippen molar-refractivity contribution in [3.05, 3.63) is 34.1 Å². The number of carbonyl (C=O) groups excluding carboxylic acids is 2. The Bertz CT molecular complexity index is 538. The third-order valence-electron chi connectivity index (χ3n) is 3.84. The number of halogens is 2. The molecule has 6 heteroatoms. The molecule has 0 bridgehead atoms. The molecule has 0 aromatic heterocycles. The van der Waals surface area contributed by atoms with Gasteiger partial charge < -0.3 is 4.90 Å². The van der Waals surface area contributed by atoms with E-state index in [0.29, 0.717) is 22.9 Å². The van der Waals surface area contributed by atoms with Crippen molar-refractivity contribution >= 4 is 27.9 Å². The van der Waals surface area contributed by atoms with Crippen molar-refractivity contribution < 1.29 is 14.0 Å². The predicted octanol–water partition coefficient (Wildman–Crippen LogP) is 3.20. The number of amides is 3. The topological polar surface area (TPSA) is 49.4 Å². The third kappa shape index (κ3) is 2.44. The Morgan fingerprint density at radius 3 is 2.45 bits per heavy atom. The molecule has 20 heavy (non-hydrogen) atoms. The highest BCUT2D eigenvalue weighted by molar-refractivity contribution is 9.10. The lowest BCUT2D eigenvalue weighted by Gasteiger charge is -2.33. The van der Waals surface area contributed by atoms with Gasteiger partial charge in [0.15, 0.2) is 0 Å². The molecule has 0 saturated carbocycles. The van der Waals surface area contributed by atoms with Gasteiger partial charge in [-0.15, -0.1) is 0 Å². The minimum atomic E-state index is -0.837. The van der Waals surface area contributed by atoms with Crippen molar-refractivity contribution in [1.29, 1.82) is 0 Å². The molecular weight excluding hydrogens is 327 g/mol. The first-order valence-corrected chi connectivity index (χ1v) is 7.30. The average molecular weight is 343 g/mol. The first kappa shape index (κ1) is 15.0. The van der Waals surface area contributed by atoms with Crippen LogP contribution < -0.4 is 5.32 Å². The van der Waals surface area contributed by atoms with Gasteiger partial charge in [-0.2, -0.15) is 0 Å². The number of carbonyl (C=O) groups is 2. The summed E-state index contributed by atoms with van der Waals surface area (Å²) < 4.78 is 14.0. The van der Waals surface area contributed by atoms with Crippen LogP contribution in [-0.2, 0) is 11.3 Å². The SMILES string of the molecule is CCC1(CC)C(=O)NC(=O)N1Cc1cc(F)cc(Br)c1. The second-order valence-corrected chi connectivity index (χ2v) is 5.78. The Hall–Kier alpha value is -1.43. The van der Waals surface area contributed by atoms with Gasteiger partial charge >= 0.3 is 6.03 Å². The van der Waals surface area contributed by atoms with Gasteiger partial charge in [-0.3, -0.25) is 10.1 Å². The number of rotatable bonds is 4. The molecule has 1 aliphatic heterocycles. The maximum Gasteiger partial charge on any atom is 0.325 e. The van der Waals surface area contributed by atoms with E-state index in [1.165, 1.54) is 17.0 Å². The summed E-state index contributed by atoms with van der Waals surface area (Å²) >= 11 is 3.23. The van der Waals surface area contributed by atoms with E-state index in [1.807, 2.05) is 13.8 Å². The maximum atomic E-state index is 13.4.